The molecule has 0 spiro atoms. The topological polar surface area (TPSA) is 47.6 Å². The number of halogens is 1. The molecule has 5 heteroatoms. The third kappa shape index (κ3) is 4.52. The fourth-order valence-corrected chi connectivity index (χ4v) is 2.36. The van der Waals surface area contributed by atoms with Gasteiger partial charge in [0.25, 0.3) is 0 Å². The highest BCUT2D eigenvalue weighted by Crippen LogP contribution is 2.35. The van der Waals surface area contributed by atoms with Gasteiger partial charge in [-0.2, -0.15) is 0 Å². The Labute approximate surface area is 147 Å². The van der Waals surface area contributed by atoms with Gasteiger partial charge in [-0.15, -0.1) is 0 Å². The molecule has 0 saturated heterocycles. The Morgan fingerprint density at radius 3 is 2.33 bits per heavy atom. The monoisotopic (exact) mass is 345 g/mol. The van der Waals surface area contributed by atoms with Crippen LogP contribution in [0.25, 0.3) is 6.08 Å². The number of carbonyl (C=O) groups is 1. The van der Waals surface area contributed by atoms with Crippen LogP contribution in [0.3, 0.4) is 0 Å². The van der Waals surface area contributed by atoms with Crippen LogP contribution in [0.2, 0.25) is 5.02 Å². The number of ether oxygens (including phenoxy) is 2. The minimum absolute atomic E-state index is 0.274. The number of amides is 1. The zero-order chi connectivity index (χ0) is 17.5. The fourth-order valence-electron chi connectivity index (χ4n) is 2.16. The van der Waals surface area contributed by atoms with Crippen LogP contribution in [-0.2, 0) is 11.2 Å². The van der Waals surface area contributed by atoms with Crippen molar-refractivity contribution >= 4 is 29.3 Å². The molecule has 2 rings (SSSR count). The summed E-state index contributed by atoms with van der Waals surface area (Å²) >= 11 is 6.16. The maximum atomic E-state index is 12.1. The zero-order valence-electron chi connectivity index (χ0n) is 13.9. The van der Waals surface area contributed by atoms with Crippen LogP contribution >= 0.6 is 11.6 Å². The first-order chi connectivity index (χ1) is 11.6. The van der Waals surface area contributed by atoms with Gasteiger partial charge in [0.15, 0.2) is 11.5 Å². The average molecular weight is 346 g/mol. The van der Waals surface area contributed by atoms with Crippen LogP contribution in [0.5, 0.6) is 11.5 Å². The molecule has 2 aromatic rings. The van der Waals surface area contributed by atoms with Crippen LogP contribution in [0, 0.1) is 0 Å². The van der Waals surface area contributed by atoms with Crippen molar-refractivity contribution in [2.45, 2.75) is 13.3 Å². The number of hydrogen-bond acceptors (Lipinski definition) is 3. The van der Waals surface area contributed by atoms with E-state index < -0.39 is 0 Å². The Bertz CT molecular complexity index is 739. The molecule has 0 radical (unpaired) electrons. The molecular weight excluding hydrogens is 326 g/mol. The fraction of sp³-hybridized carbons (Fsp3) is 0.211. The summed E-state index contributed by atoms with van der Waals surface area (Å²) in [5.41, 5.74) is 2.68. The molecule has 0 atom stereocenters. The van der Waals surface area contributed by atoms with Gasteiger partial charge in [0.1, 0.15) is 0 Å². The molecule has 0 aliphatic carbocycles. The van der Waals surface area contributed by atoms with E-state index in [0.29, 0.717) is 22.2 Å². The number of nitrogens with one attached hydrogen (secondary N) is 1. The van der Waals surface area contributed by atoms with Crippen molar-refractivity contribution in [1.29, 1.82) is 0 Å². The van der Waals surface area contributed by atoms with Crippen molar-refractivity contribution in [3.05, 3.63) is 58.6 Å². The molecule has 0 aliphatic heterocycles. The van der Waals surface area contributed by atoms with Crippen molar-refractivity contribution in [3.63, 3.8) is 0 Å². The number of methoxy groups -OCH3 is 2. The number of carbonyl (C=O) groups excluding carboxylic acids is 1. The quantitative estimate of drug-likeness (QED) is 0.780. The second-order valence-corrected chi connectivity index (χ2v) is 5.51. The standard InChI is InChI=1S/C19H20ClNO3/c1-4-13-5-7-14(8-6-13)9-10-19(22)21-16-12-18(24-3)17(23-2)11-15(16)20/h5-12H,4H2,1-3H3,(H,21,22)/b10-9+. The Balaban J connectivity index is 2.10. The van der Waals surface area contributed by atoms with Crippen LogP contribution in [-0.4, -0.2) is 20.1 Å². The van der Waals surface area contributed by atoms with E-state index in [1.807, 2.05) is 24.3 Å². The third-order valence-corrected chi connectivity index (χ3v) is 3.86. The SMILES string of the molecule is CCc1ccc(/C=C/C(=O)Nc2cc(OC)c(OC)cc2Cl)cc1. The Morgan fingerprint density at radius 2 is 1.75 bits per heavy atom. The number of benzene rings is 2. The smallest absolute Gasteiger partial charge is 0.248 e. The van der Waals surface area contributed by atoms with Crippen molar-refractivity contribution in [2.75, 3.05) is 19.5 Å². The number of aryl methyl sites for hydroxylation is 1. The highest BCUT2D eigenvalue weighted by Gasteiger charge is 2.11. The molecule has 0 aliphatic rings. The lowest BCUT2D eigenvalue weighted by Crippen LogP contribution is -2.08. The summed E-state index contributed by atoms with van der Waals surface area (Å²) in [6, 6.07) is 11.3. The molecular formula is C19H20ClNO3. The third-order valence-electron chi connectivity index (χ3n) is 3.55. The summed E-state index contributed by atoms with van der Waals surface area (Å²) in [5.74, 6) is 0.729. The molecule has 0 aromatic heterocycles. The van der Waals surface area contributed by atoms with E-state index in [4.69, 9.17) is 21.1 Å². The minimum Gasteiger partial charge on any atom is -0.493 e. The Kier molecular flexibility index (Phi) is 6.27. The van der Waals surface area contributed by atoms with Gasteiger partial charge in [-0.25, -0.2) is 0 Å². The molecule has 0 saturated carbocycles. The molecule has 126 valence electrons. The van der Waals surface area contributed by atoms with E-state index in [2.05, 4.69) is 12.2 Å². The van der Waals surface area contributed by atoms with Gasteiger partial charge >= 0.3 is 0 Å². The number of rotatable bonds is 6. The predicted octanol–water partition coefficient (Wildman–Crippen LogP) is 4.57. The molecule has 0 heterocycles. The second kappa shape index (κ2) is 8.41. The normalized spacial score (nSPS) is 10.7. The maximum Gasteiger partial charge on any atom is 0.248 e. The molecule has 1 N–H and O–H groups in total. The predicted molar refractivity (Wildman–Crippen MR) is 98.0 cm³/mol. The molecule has 0 fully saturated rings. The van der Waals surface area contributed by atoms with Gasteiger partial charge in [-0.3, -0.25) is 4.79 Å². The molecule has 0 bridgehead atoms. The minimum atomic E-state index is -0.274. The lowest BCUT2D eigenvalue weighted by Gasteiger charge is -2.11. The Hall–Kier alpha value is -2.46. The first kappa shape index (κ1) is 17.9. The van der Waals surface area contributed by atoms with Gasteiger partial charge in [-0.1, -0.05) is 42.8 Å². The highest BCUT2D eigenvalue weighted by atomic mass is 35.5. The molecule has 2 aromatic carbocycles. The lowest BCUT2D eigenvalue weighted by molar-refractivity contribution is -0.111. The highest BCUT2D eigenvalue weighted by molar-refractivity contribution is 6.34. The average Bonchev–Trinajstić information content (AvgIpc) is 2.61. The Morgan fingerprint density at radius 1 is 1.12 bits per heavy atom. The summed E-state index contributed by atoms with van der Waals surface area (Å²) in [7, 11) is 3.05. The lowest BCUT2D eigenvalue weighted by atomic mass is 10.1. The number of anilines is 1. The molecule has 1 amide bonds. The van der Waals surface area contributed by atoms with Crippen molar-refractivity contribution < 1.29 is 14.3 Å². The van der Waals surface area contributed by atoms with Crippen LogP contribution in [0.4, 0.5) is 5.69 Å². The maximum absolute atomic E-state index is 12.1. The van der Waals surface area contributed by atoms with Gasteiger partial charge < -0.3 is 14.8 Å². The van der Waals surface area contributed by atoms with Crippen molar-refractivity contribution in [1.82, 2.24) is 0 Å². The summed E-state index contributed by atoms with van der Waals surface area (Å²) in [6.07, 6.45) is 4.21. The second-order valence-electron chi connectivity index (χ2n) is 5.10. The van der Waals surface area contributed by atoms with Crippen molar-refractivity contribution in [3.8, 4) is 11.5 Å². The first-order valence-corrected chi connectivity index (χ1v) is 7.94. The van der Waals surface area contributed by atoms with Crippen LogP contribution < -0.4 is 14.8 Å². The molecule has 0 unspecified atom stereocenters. The largest absolute Gasteiger partial charge is 0.493 e. The van der Waals surface area contributed by atoms with E-state index >= 15 is 0 Å². The van der Waals surface area contributed by atoms with Crippen LogP contribution in [0.1, 0.15) is 18.1 Å². The van der Waals surface area contributed by atoms with Gasteiger partial charge in [0, 0.05) is 18.2 Å². The van der Waals surface area contributed by atoms with E-state index in [1.54, 1.807) is 18.2 Å². The molecule has 4 nitrogen and oxygen atoms in total. The summed E-state index contributed by atoms with van der Waals surface area (Å²) in [4.78, 5) is 12.1. The van der Waals surface area contributed by atoms with E-state index in [0.717, 1.165) is 12.0 Å². The van der Waals surface area contributed by atoms with E-state index in [9.17, 15) is 4.79 Å². The van der Waals surface area contributed by atoms with E-state index in [-0.39, 0.29) is 5.91 Å². The van der Waals surface area contributed by atoms with Crippen molar-refractivity contribution in [2.24, 2.45) is 0 Å². The first-order valence-electron chi connectivity index (χ1n) is 7.57. The van der Waals surface area contributed by atoms with Gasteiger partial charge in [0.05, 0.1) is 24.9 Å². The van der Waals surface area contributed by atoms with Gasteiger partial charge in [0.2, 0.25) is 5.91 Å². The summed E-state index contributed by atoms with van der Waals surface area (Å²) in [6.45, 7) is 2.10. The van der Waals surface area contributed by atoms with Crippen LogP contribution in [0.15, 0.2) is 42.5 Å². The summed E-state index contributed by atoms with van der Waals surface area (Å²) in [5, 5.41) is 3.11. The van der Waals surface area contributed by atoms with Gasteiger partial charge in [-0.05, 0) is 23.6 Å². The molecule has 24 heavy (non-hydrogen) atoms. The zero-order valence-corrected chi connectivity index (χ0v) is 14.7. The van der Waals surface area contributed by atoms with E-state index in [1.165, 1.54) is 25.9 Å². The number of hydrogen-bond donors (Lipinski definition) is 1. The summed E-state index contributed by atoms with van der Waals surface area (Å²) < 4.78 is 10.4.